The van der Waals surface area contributed by atoms with Crippen LogP contribution >= 0.6 is 15.6 Å². The molecule has 4 unspecified atom stereocenters. The Balaban J connectivity index is 0. The van der Waals surface area contributed by atoms with E-state index in [1.807, 2.05) is 0 Å². The Morgan fingerprint density at radius 3 is 1.00 bits per heavy atom. The number of hydrogen-bond acceptors (Lipinski definition) is 6. The SMILES string of the molecule is CC(N)C(C)OP(=O)(O)O.CC(N)C(C)OP(=O)(O)O. The van der Waals surface area contributed by atoms with E-state index in [1.54, 1.807) is 13.8 Å². The van der Waals surface area contributed by atoms with Crippen molar-refractivity contribution in [2.75, 3.05) is 0 Å². The zero-order chi connectivity index (χ0) is 16.7. The summed E-state index contributed by atoms with van der Waals surface area (Å²) in [7, 11) is -8.71. The lowest BCUT2D eigenvalue weighted by molar-refractivity contribution is 0.129. The van der Waals surface area contributed by atoms with Crippen LogP contribution in [0.1, 0.15) is 27.7 Å². The molecular formula is C8H24N2O8P2. The number of hydrogen-bond donors (Lipinski definition) is 6. The largest absolute Gasteiger partial charge is 0.469 e. The van der Waals surface area contributed by atoms with Crippen LogP contribution in [-0.4, -0.2) is 43.9 Å². The number of phosphoric ester groups is 2. The van der Waals surface area contributed by atoms with E-state index in [-0.39, 0.29) is 12.1 Å². The van der Waals surface area contributed by atoms with Crippen molar-refractivity contribution in [3.05, 3.63) is 0 Å². The summed E-state index contributed by atoms with van der Waals surface area (Å²) in [5.74, 6) is 0. The summed E-state index contributed by atoms with van der Waals surface area (Å²) < 4.78 is 28.8. The molecule has 0 saturated carbocycles. The molecule has 0 saturated heterocycles. The first-order valence-electron chi connectivity index (χ1n) is 5.64. The van der Waals surface area contributed by atoms with Gasteiger partial charge in [0.15, 0.2) is 0 Å². The second kappa shape index (κ2) is 9.22. The molecule has 0 aromatic carbocycles. The summed E-state index contributed by atoms with van der Waals surface area (Å²) in [4.78, 5) is 33.1. The van der Waals surface area contributed by atoms with Gasteiger partial charge in [-0.15, -0.1) is 0 Å². The molecule has 0 aliphatic carbocycles. The van der Waals surface area contributed by atoms with Crippen molar-refractivity contribution in [1.29, 1.82) is 0 Å². The molecule has 4 atom stereocenters. The Morgan fingerprint density at radius 1 is 0.750 bits per heavy atom. The highest BCUT2D eigenvalue weighted by Gasteiger charge is 2.21. The first-order chi connectivity index (χ1) is 8.65. The molecule has 8 N–H and O–H groups in total. The van der Waals surface area contributed by atoms with Crippen molar-refractivity contribution < 1.29 is 37.8 Å². The van der Waals surface area contributed by atoms with Gasteiger partial charge >= 0.3 is 15.6 Å². The first-order valence-corrected chi connectivity index (χ1v) is 8.71. The summed E-state index contributed by atoms with van der Waals surface area (Å²) >= 11 is 0. The molecule has 0 fully saturated rings. The molecule has 0 amide bonds. The van der Waals surface area contributed by atoms with Crippen LogP contribution in [0.2, 0.25) is 0 Å². The Hall–Kier alpha value is 0.140. The second-order valence-corrected chi connectivity index (χ2v) is 6.70. The summed E-state index contributed by atoms with van der Waals surface area (Å²) in [6.45, 7) is 6.23. The molecular weight excluding hydrogens is 314 g/mol. The molecule has 0 heterocycles. The van der Waals surface area contributed by atoms with E-state index >= 15 is 0 Å². The van der Waals surface area contributed by atoms with Gasteiger partial charge in [-0.1, -0.05) is 0 Å². The molecule has 0 aliphatic heterocycles. The predicted molar refractivity (Wildman–Crippen MR) is 72.5 cm³/mol. The molecule has 0 aliphatic rings. The monoisotopic (exact) mass is 338 g/mol. The standard InChI is InChI=1S/2C4H12NO4P/c2*1-3(5)4(2)9-10(6,7)8/h2*3-4H,5H2,1-2H3,(H2,6,7,8). The van der Waals surface area contributed by atoms with E-state index in [4.69, 9.17) is 31.0 Å². The Labute approximate surface area is 117 Å². The molecule has 12 heteroatoms. The minimum absolute atomic E-state index is 0.382. The summed E-state index contributed by atoms with van der Waals surface area (Å²) in [5.41, 5.74) is 10.5. The van der Waals surface area contributed by atoms with Crippen LogP contribution in [0.3, 0.4) is 0 Å². The van der Waals surface area contributed by atoms with Gasteiger partial charge in [-0.2, -0.15) is 0 Å². The predicted octanol–water partition coefficient (Wildman–Crippen LogP) is -0.337. The van der Waals surface area contributed by atoms with Crippen LogP contribution < -0.4 is 11.5 Å². The average Bonchev–Trinajstić information content (AvgIpc) is 2.12. The van der Waals surface area contributed by atoms with Gasteiger partial charge in [-0.3, -0.25) is 9.05 Å². The topological polar surface area (TPSA) is 186 Å². The Bertz CT molecular complexity index is 318. The van der Waals surface area contributed by atoms with Gasteiger partial charge in [0, 0.05) is 12.1 Å². The summed E-state index contributed by atoms with van der Waals surface area (Å²) in [6, 6.07) is -0.764. The zero-order valence-electron chi connectivity index (χ0n) is 11.8. The molecule has 124 valence electrons. The first kappa shape index (κ1) is 22.4. The van der Waals surface area contributed by atoms with E-state index in [0.29, 0.717) is 0 Å². The van der Waals surface area contributed by atoms with Crippen LogP contribution in [0.5, 0.6) is 0 Å². The van der Waals surface area contributed by atoms with E-state index < -0.39 is 27.9 Å². The molecule has 20 heavy (non-hydrogen) atoms. The van der Waals surface area contributed by atoms with Crippen LogP contribution in [0.25, 0.3) is 0 Å². The van der Waals surface area contributed by atoms with Gasteiger partial charge in [0.05, 0.1) is 12.2 Å². The van der Waals surface area contributed by atoms with Gasteiger partial charge in [0.1, 0.15) is 0 Å². The van der Waals surface area contributed by atoms with Gasteiger partial charge in [-0.05, 0) is 27.7 Å². The number of nitrogens with two attached hydrogens (primary N) is 2. The van der Waals surface area contributed by atoms with E-state index in [0.717, 1.165) is 0 Å². The van der Waals surface area contributed by atoms with Crippen molar-refractivity contribution in [3.8, 4) is 0 Å². The van der Waals surface area contributed by atoms with Gasteiger partial charge in [0.25, 0.3) is 0 Å². The highest BCUT2D eigenvalue weighted by atomic mass is 31.2. The van der Waals surface area contributed by atoms with Gasteiger partial charge in [0.2, 0.25) is 0 Å². The fourth-order valence-corrected chi connectivity index (χ4v) is 1.88. The van der Waals surface area contributed by atoms with Crippen molar-refractivity contribution in [3.63, 3.8) is 0 Å². The van der Waals surface area contributed by atoms with E-state index in [2.05, 4.69) is 9.05 Å². The van der Waals surface area contributed by atoms with Crippen molar-refractivity contribution in [1.82, 2.24) is 0 Å². The minimum atomic E-state index is -4.36. The normalized spacial score (nSPS) is 18.5. The third-order valence-corrected chi connectivity index (χ3v) is 3.30. The van der Waals surface area contributed by atoms with Crippen LogP contribution in [0.4, 0.5) is 0 Å². The Morgan fingerprint density at radius 2 is 0.950 bits per heavy atom. The maximum absolute atomic E-state index is 10.2. The molecule has 0 radical (unpaired) electrons. The average molecular weight is 338 g/mol. The number of phosphoric acid groups is 2. The lowest BCUT2D eigenvalue weighted by Gasteiger charge is -2.16. The molecule has 0 spiro atoms. The molecule has 10 nitrogen and oxygen atoms in total. The second-order valence-electron chi connectivity index (χ2n) is 4.32. The van der Waals surface area contributed by atoms with Gasteiger partial charge < -0.3 is 31.0 Å². The lowest BCUT2D eigenvalue weighted by Crippen LogP contribution is -2.30. The third-order valence-electron chi connectivity index (χ3n) is 2.09. The van der Waals surface area contributed by atoms with Crippen molar-refractivity contribution in [2.24, 2.45) is 11.5 Å². The quantitative estimate of drug-likeness (QED) is 0.350. The van der Waals surface area contributed by atoms with Gasteiger partial charge in [-0.25, -0.2) is 9.13 Å². The van der Waals surface area contributed by atoms with Crippen LogP contribution in [0.15, 0.2) is 0 Å². The third kappa shape index (κ3) is 16.2. The Kier molecular flexibility index (Phi) is 10.3. The highest BCUT2D eigenvalue weighted by molar-refractivity contribution is 7.46. The molecule has 0 bridgehead atoms. The smallest absolute Gasteiger partial charge is 0.326 e. The van der Waals surface area contributed by atoms with E-state index in [9.17, 15) is 9.13 Å². The maximum Gasteiger partial charge on any atom is 0.469 e. The highest BCUT2D eigenvalue weighted by Crippen LogP contribution is 2.38. The zero-order valence-corrected chi connectivity index (χ0v) is 13.6. The lowest BCUT2D eigenvalue weighted by atomic mass is 10.2. The fourth-order valence-electron chi connectivity index (χ4n) is 0.625. The van der Waals surface area contributed by atoms with Crippen LogP contribution in [-0.2, 0) is 18.2 Å². The summed E-state index contributed by atoms with van der Waals surface area (Å²) in [6.07, 6.45) is -1.25. The number of rotatable bonds is 6. The molecule has 0 aromatic heterocycles. The molecule has 0 aromatic rings. The molecule has 0 rings (SSSR count). The summed E-state index contributed by atoms with van der Waals surface area (Å²) in [5, 5.41) is 0. The maximum atomic E-state index is 10.2. The van der Waals surface area contributed by atoms with Crippen molar-refractivity contribution >= 4 is 15.6 Å². The minimum Gasteiger partial charge on any atom is -0.326 e. The fraction of sp³-hybridized carbons (Fsp3) is 1.00. The van der Waals surface area contributed by atoms with Crippen molar-refractivity contribution in [2.45, 2.75) is 52.0 Å². The van der Waals surface area contributed by atoms with Crippen LogP contribution in [0, 0.1) is 0 Å². The van der Waals surface area contributed by atoms with E-state index in [1.165, 1.54) is 13.8 Å².